The Labute approximate surface area is 180 Å². The van der Waals surface area contributed by atoms with E-state index >= 15 is 0 Å². The smallest absolute Gasteiger partial charge is 0.208 e. The lowest BCUT2D eigenvalue weighted by Crippen LogP contribution is -2.43. The van der Waals surface area contributed by atoms with E-state index in [1.54, 1.807) is 18.9 Å². The maximum absolute atomic E-state index is 13.9. The maximum atomic E-state index is 13.9. The second-order valence-electron chi connectivity index (χ2n) is 7.69. The van der Waals surface area contributed by atoms with Crippen LogP contribution in [0.25, 0.3) is 0 Å². The van der Waals surface area contributed by atoms with Gasteiger partial charge < -0.3 is 4.74 Å². The molecule has 0 bridgehead atoms. The first-order valence-corrected chi connectivity index (χ1v) is 11.0. The molecular weight excluding hydrogens is 394 g/mol. The third-order valence-corrected chi connectivity index (χ3v) is 7.43. The summed E-state index contributed by atoms with van der Waals surface area (Å²) in [6.07, 6.45) is 0. The molecule has 5 heteroatoms. The predicted molar refractivity (Wildman–Crippen MR) is 119 cm³/mol. The van der Waals surface area contributed by atoms with Crippen LogP contribution < -0.4 is 4.74 Å². The molecule has 1 saturated heterocycles. The molecule has 0 aliphatic carbocycles. The van der Waals surface area contributed by atoms with Crippen molar-refractivity contribution in [3.63, 3.8) is 0 Å². The lowest BCUT2D eigenvalue weighted by molar-refractivity contribution is -0.143. The SMILES string of the molecule is COc1ccc([C@H]2[C@H](c3ccccc3)N(C)OC23SCc2ccccc2C3=O)cc1. The Balaban J connectivity index is 1.67. The Morgan fingerprint density at radius 3 is 2.40 bits per heavy atom. The molecule has 3 aromatic carbocycles. The normalized spacial score (nSPS) is 26.0. The number of hydrogen-bond donors (Lipinski definition) is 0. The summed E-state index contributed by atoms with van der Waals surface area (Å²) in [6, 6.07) is 26.1. The van der Waals surface area contributed by atoms with E-state index in [0.29, 0.717) is 0 Å². The number of ketones is 1. The Bertz CT molecular complexity index is 1070. The van der Waals surface area contributed by atoms with Gasteiger partial charge in [0.05, 0.1) is 19.1 Å². The summed E-state index contributed by atoms with van der Waals surface area (Å²) in [5, 5.41) is 1.86. The molecular formula is C25H23NO3S. The van der Waals surface area contributed by atoms with Crippen LogP contribution in [0.4, 0.5) is 0 Å². The Morgan fingerprint density at radius 2 is 1.67 bits per heavy atom. The van der Waals surface area contributed by atoms with Crippen molar-refractivity contribution < 1.29 is 14.4 Å². The first-order chi connectivity index (χ1) is 14.6. The molecule has 0 N–H and O–H groups in total. The highest BCUT2D eigenvalue weighted by atomic mass is 32.2. The van der Waals surface area contributed by atoms with Crippen molar-refractivity contribution in [3.8, 4) is 5.75 Å². The van der Waals surface area contributed by atoms with Crippen molar-refractivity contribution in [3.05, 3.63) is 101 Å². The summed E-state index contributed by atoms with van der Waals surface area (Å²) in [4.78, 5) is 19.3. The first-order valence-electron chi connectivity index (χ1n) is 10.0. The molecule has 152 valence electrons. The van der Waals surface area contributed by atoms with Gasteiger partial charge in [-0.3, -0.25) is 9.63 Å². The van der Waals surface area contributed by atoms with Crippen LogP contribution in [0.1, 0.15) is 39.0 Å². The van der Waals surface area contributed by atoms with E-state index in [2.05, 4.69) is 24.3 Å². The number of Topliss-reactive ketones (excluding diaryl/α,β-unsaturated/α-hetero) is 1. The molecule has 5 rings (SSSR count). The maximum Gasteiger partial charge on any atom is 0.208 e. The van der Waals surface area contributed by atoms with Crippen molar-refractivity contribution >= 4 is 17.5 Å². The lowest BCUT2D eigenvalue weighted by atomic mass is 9.80. The Kier molecular flexibility index (Phi) is 4.89. The van der Waals surface area contributed by atoms with Crippen molar-refractivity contribution in [2.45, 2.75) is 22.6 Å². The Morgan fingerprint density at radius 1 is 0.967 bits per heavy atom. The largest absolute Gasteiger partial charge is 0.497 e. The highest BCUT2D eigenvalue weighted by Gasteiger charge is 2.61. The summed E-state index contributed by atoms with van der Waals surface area (Å²) in [7, 11) is 3.59. The molecule has 2 aliphatic rings. The van der Waals surface area contributed by atoms with Gasteiger partial charge in [0, 0.05) is 18.4 Å². The molecule has 0 saturated carbocycles. The topological polar surface area (TPSA) is 38.8 Å². The fraction of sp³-hybridized carbons (Fsp3) is 0.240. The molecule has 3 aromatic rings. The van der Waals surface area contributed by atoms with Crippen LogP contribution in [0.15, 0.2) is 78.9 Å². The third kappa shape index (κ3) is 2.97. The monoisotopic (exact) mass is 417 g/mol. The first kappa shape index (κ1) is 19.4. The van der Waals surface area contributed by atoms with Crippen molar-refractivity contribution in [1.82, 2.24) is 5.06 Å². The zero-order chi connectivity index (χ0) is 20.7. The minimum Gasteiger partial charge on any atom is -0.497 e. The van der Waals surface area contributed by atoms with Gasteiger partial charge in [0.15, 0.2) is 0 Å². The molecule has 3 atom stereocenters. The average molecular weight is 418 g/mol. The van der Waals surface area contributed by atoms with Crippen molar-refractivity contribution in [1.29, 1.82) is 0 Å². The van der Waals surface area contributed by atoms with E-state index in [0.717, 1.165) is 33.8 Å². The number of rotatable bonds is 3. The van der Waals surface area contributed by atoms with E-state index in [4.69, 9.17) is 9.57 Å². The van der Waals surface area contributed by atoms with Gasteiger partial charge in [-0.2, -0.15) is 5.06 Å². The van der Waals surface area contributed by atoms with Crippen LogP contribution in [0.3, 0.4) is 0 Å². The molecule has 0 radical (unpaired) electrons. The molecule has 0 aromatic heterocycles. The summed E-state index contributed by atoms with van der Waals surface area (Å²) in [5.74, 6) is 1.41. The number of carbonyl (C=O) groups is 1. The van der Waals surface area contributed by atoms with Crippen molar-refractivity contribution in [2.24, 2.45) is 0 Å². The number of fused-ring (bicyclic) bond motifs is 1. The zero-order valence-corrected chi connectivity index (χ0v) is 17.8. The fourth-order valence-electron chi connectivity index (χ4n) is 4.62. The van der Waals surface area contributed by atoms with Gasteiger partial charge in [0.25, 0.3) is 0 Å². The number of hydroxylamine groups is 2. The van der Waals surface area contributed by atoms with Gasteiger partial charge in [-0.05, 0) is 28.8 Å². The van der Waals surface area contributed by atoms with E-state index in [1.807, 2.05) is 66.7 Å². The number of thioether (sulfide) groups is 1. The highest BCUT2D eigenvalue weighted by molar-refractivity contribution is 8.00. The summed E-state index contributed by atoms with van der Waals surface area (Å²) in [5.41, 5.74) is 4.03. The predicted octanol–water partition coefficient (Wildman–Crippen LogP) is 5.22. The summed E-state index contributed by atoms with van der Waals surface area (Å²) in [6.45, 7) is 0. The minimum atomic E-state index is -1.00. The lowest BCUT2D eigenvalue weighted by Gasteiger charge is -2.36. The number of nitrogens with zero attached hydrogens (tertiary/aromatic N) is 1. The molecule has 1 fully saturated rings. The van der Waals surface area contributed by atoms with Gasteiger partial charge in [0.1, 0.15) is 5.75 Å². The summed E-state index contributed by atoms with van der Waals surface area (Å²) >= 11 is 1.59. The number of likely N-dealkylation sites (N-methyl/N-ethyl adjacent to an activating group) is 1. The molecule has 2 heterocycles. The van der Waals surface area contributed by atoms with Crippen LogP contribution in [-0.2, 0) is 10.6 Å². The van der Waals surface area contributed by atoms with Gasteiger partial charge >= 0.3 is 0 Å². The minimum absolute atomic E-state index is 0.0421. The quantitative estimate of drug-likeness (QED) is 0.584. The van der Waals surface area contributed by atoms with Crippen molar-refractivity contribution in [2.75, 3.05) is 14.2 Å². The third-order valence-electron chi connectivity index (χ3n) is 6.03. The second kappa shape index (κ2) is 7.58. The number of hydrogen-bond acceptors (Lipinski definition) is 5. The van der Waals surface area contributed by atoms with Crippen LogP contribution >= 0.6 is 11.8 Å². The zero-order valence-electron chi connectivity index (χ0n) is 16.9. The van der Waals surface area contributed by atoms with E-state index in [9.17, 15) is 4.79 Å². The van der Waals surface area contributed by atoms with Gasteiger partial charge in [-0.1, -0.05) is 66.7 Å². The van der Waals surface area contributed by atoms with Gasteiger partial charge in [-0.25, -0.2) is 0 Å². The second-order valence-corrected chi connectivity index (χ2v) is 8.87. The van der Waals surface area contributed by atoms with E-state index < -0.39 is 4.93 Å². The molecule has 30 heavy (non-hydrogen) atoms. The molecule has 2 aliphatic heterocycles. The highest BCUT2D eigenvalue weighted by Crippen LogP contribution is 2.59. The number of benzene rings is 3. The van der Waals surface area contributed by atoms with Crippen LogP contribution in [0, 0.1) is 0 Å². The van der Waals surface area contributed by atoms with E-state index in [1.165, 1.54) is 0 Å². The number of ether oxygens (including phenoxy) is 1. The van der Waals surface area contributed by atoms with E-state index in [-0.39, 0.29) is 17.7 Å². The number of methoxy groups -OCH3 is 1. The van der Waals surface area contributed by atoms with Crippen LogP contribution in [-0.4, -0.2) is 29.9 Å². The van der Waals surface area contributed by atoms with Gasteiger partial charge in [-0.15, -0.1) is 11.8 Å². The summed E-state index contributed by atoms with van der Waals surface area (Å²) < 4.78 is 5.36. The molecule has 1 unspecified atom stereocenters. The molecule has 4 nitrogen and oxygen atoms in total. The van der Waals surface area contributed by atoms with Crippen LogP contribution in [0.2, 0.25) is 0 Å². The Hall–Kier alpha value is -2.60. The number of carbonyl (C=O) groups excluding carboxylic acids is 1. The standard InChI is InChI=1S/C25H23NO3S/c1-26-23(18-8-4-3-5-9-18)22(17-12-14-20(28-2)15-13-17)25(29-26)24(27)21-11-7-6-10-19(21)16-30-25/h3-15,22-23H,16H2,1-2H3/t22-,23-,25?/m0/s1. The fourth-order valence-corrected chi connectivity index (χ4v) is 6.09. The molecule has 1 spiro atoms. The van der Waals surface area contributed by atoms with Gasteiger partial charge in [0.2, 0.25) is 10.7 Å². The average Bonchev–Trinajstić information content (AvgIpc) is 3.10. The van der Waals surface area contributed by atoms with Crippen LogP contribution in [0.5, 0.6) is 5.75 Å². The molecule has 0 amide bonds.